The number of benzene rings is 2. The summed E-state index contributed by atoms with van der Waals surface area (Å²) < 4.78 is 0. The van der Waals surface area contributed by atoms with Crippen molar-refractivity contribution in [3.63, 3.8) is 0 Å². The second kappa shape index (κ2) is 9.70. The average Bonchev–Trinajstić information content (AvgIpc) is 3.18. The first kappa shape index (κ1) is 21.6. The minimum atomic E-state index is 0.347. The van der Waals surface area contributed by atoms with Gasteiger partial charge in [0.25, 0.3) is 0 Å². The summed E-state index contributed by atoms with van der Waals surface area (Å²) in [6.45, 7) is 3.73. The molecule has 158 valence electrons. The van der Waals surface area contributed by atoms with Gasteiger partial charge in [-0.1, -0.05) is 59.6 Å². The standard InChI is InChI=1S/C25H24Cl2N4/c1-30(25-10-7-19(12-28)13-29-25)15-21-16-31(14-18-5-3-2-4-6-18)17-22(21)20-8-9-23(26)24(27)11-20/h2-11,13,21-22H,14-17H2,1H3/t21-,22+/m0/s1. The normalized spacial score (nSPS) is 18.6. The number of nitriles is 1. The molecule has 0 saturated carbocycles. The van der Waals surface area contributed by atoms with Gasteiger partial charge in [-0.25, -0.2) is 4.98 Å². The molecule has 1 fully saturated rings. The van der Waals surface area contributed by atoms with Crippen molar-refractivity contribution in [2.75, 3.05) is 31.6 Å². The fourth-order valence-electron chi connectivity index (χ4n) is 4.36. The van der Waals surface area contributed by atoms with E-state index in [9.17, 15) is 0 Å². The van der Waals surface area contributed by atoms with Crippen LogP contribution in [-0.4, -0.2) is 36.6 Å². The molecule has 6 heteroatoms. The van der Waals surface area contributed by atoms with Gasteiger partial charge < -0.3 is 4.90 Å². The first-order valence-electron chi connectivity index (χ1n) is 10.3. The second-order valence-electron chi connectivity index (χ2n) is 8.12. The number of likely N-dealkylation sites (tertiary alicyclic amines) is 1. The molecule has 0 spiro atoms. The SMILES string of the molecule is CN(C[C@H]1CN(Cc2ccccc2)C[C@@H]1c1ccc(Cl)c(Cl)c1)c1ccc(C#N)cn1. The third kappa shape index (κ3) is 5.19. The summed E-state index contributed by atoms with van der Waals surface area (Å²) in [6, 6.07) is 22.4. The molecule has 2 aromatic carbocycles. The zero-order chi connectivity index (χ0) is 21.8. The van der Waals surface area contributed by atoms with E-state index >= 15 is 0 Å². The van der Waals surface area contributed by atoms with Crippen LogP contribution in [-0.2, 0) is 6.54 Å². The van der Waals surface area contributed by atoms with Crippen LogP contribution in [0, 0.1) is 17.2 Å². The Balaban J connectivity index is 1.55. The number of aromatic nitrogens is 1. The number of anilines is 1. The molecule has 4 nitrogen and oxygen atoms in total. The van der Waals surface area contributed by atoms with Gasteiger partial charge in [-0.05, 0) is 41.3 Å². The van der Waals surface area contributed by atoms with Gasteiger partial charge >= 0.3 is 0 Å². The lowest BCUT2D eigenvalue weighted by Crippen LogP contribution is -2.30. The smallest absolute Gasteiger partial charge is 0.128 e. The maximum absolute atomic E-state index is 9.02. The lowest BCUT2D eigenvalue weighted by atomic mass is 9.88. The Morgan fingerprint density at radius 1 is 1.06 bits per heavy atom. The summed E-state index contributed by atoms with van der Waals surface area (Å²) in [5.74, 6) is 1.62. The van der Waals surface area contributed by atoms with Crippen molar-refractivity contribution in [3.8, 4) is 6.07 Å². The van der Waals surface area contributed by atoms with Crippen molar-refractivity contribution in [2.24, 2.45) is 5.92 Å². The van der Waals surface area contributed by atoms with Crippen LogP contribution in [0.5, 0.6) is 0 Å². The van der Waals surface area contributed by atoms with Gasteiger partial charge in [0.05, 0.1) is 15.6 Å². The van der Waals surface area contributed by atoms with Gasteiger partial charge in [-0.3, -0.25) is 4.90 Å². The van der Waals surface area contributed by atoms with Gasteiger partial charge in [0, 0.05) is 45.3 Å². The van der Waals surface area contributed by atoms with E-state index in [0.717, 1.165) is 32.0 Å². The molecule has 31 heavy (non-hydrogen) atoms. The largest absolute Gasteiger partial charge is 0.359 e. The zero-order valence-electron chi connectivity index (χ0n) is 17.4. The fourth-order valence-corrected chi connectivity index (χ4v) is 4.67. The van der Waals surface area contributed by atoms with E-state index in [-0.39, 0.29) is 0 Å². The quantitative estimate of drug-likeness (QED) is 0.489. The first-order valence-corrected chi connectivity index (χ1v) is 11.1. The highest BCUT2D eigenvalue weighted by atomic mass is 35.5. The molecule has 0 aliphatic carbocycles. The summed E-state index contributed by atoms with van der Waals surface area (Å²) in [5.41, 5.74) is 3.11. The zero-order valence-corrected chi connectivity index (χ0v) is 18.9. The summed E-state index contributed by atoms with van der Waals surface area (Å²) in [5, 5.41) is 10.2. The van der Waals surface area contributed by atoms with Crippen molar-refractivity contribution in [2.45, 2.75) is 12.5 Å². The molecule has 1 saturated heterocycles. The number of hydrogen-bond donors (Lipinski definition) is 0. The molecule has 2 atom stereocenters. The van der Waals surface area contributed by atoms with E-state index in [1.54, 1.807) is 6.20 Å². The maximum Gasteiger partial charge on any atom is 0.128 e. The Bertz CT molecular complexity index is 1060. The van der Waals surface area contributed by atoms with Gasteiger partial charge in [-0.2, -0.15) is 5.26 Å². The van der Waals surface area contributed by atoms with E-state index < -0.39 is 0 Å². The maximum atomic E-state index is 9.02. The Morgan fingerprint density at radius 3 is 2.55 bits per heavy atom. The van der Waals surface area contributed by atoms with Gasteiger partial charge in [0.1, 0.15) is 11.9 Å². The third-order valence-corrected chi connectivity index (χ3v) is 6.65. The molecule has 2 heterocycles. The number of pyridine rings is 1. The van der Waals surface area contributed by atoms with E-state index in [1.807, 2.05) is 30.3 Å². The van der Waals surface area contributed by atoms with Crippen LogP contribution in [0.25, 0.3) is 0 Å². The molecule has 4 rings (SSSR count). The molecular formula is C25H24Cl2N4. The number of nitrogens with zero attached hydrogens (tertiary/aromatic N) is 4. The lowest BCUT2D eigenvalue weighted by Gasteiger charge is -2.26. The van der Waals surface area contributed by atoms with E-state index in [1.165, 1.54) is 11.1 Å². The van der Waals surface area contributed by atoms with Crippen LogP contribution >= 0.6 is 23.2 Å². The van der Waals surface area contributed by atoms with Crippen LogP contribution < -0.4 is 4.90 Å². The molecule has 0 amide bonds. The van der Waals surface area contributed by atoms with Crippen molar-refractivity contribution in [3.05, 3.63) is 93.6 Å². The monoisotopic (exact) mass is 450 g/mol. The molecule has 0 unspecified atom stereocenters. The molecule has 0 radical (unpaired) electrons. The van der Waals surface area contributed by atoms with E-state index in [0.29, 0.717) is 27.4 Å². The average molecular weight is 451 g/mol. The summed E-state index contributed by atoms with van der Waals surface area (Å²) in [7, 11) is 2.06. The Kier molecular flexibility index (Phi) is 6.77. The topological polar surface area (TPSA) is 43.2 Å². The highest BCUT2D eigenvalue weighted by Crippen LogP contribution is 2.37. The molecule has 0 bridgehead atoms. The molecule has 1 aromatic heterocycles. The Labute approximate surface area is 193 Å². The van der Waals surface area contributed by atoms with Crippen molar-refractivity contribution < 1.29 is 0 Å². The van der Waals surface area contributed by atoms with Crippen molar-refractivity contribution in [1.82, 2.24) is 9.88 Å². The molecular weight excluding hydrogens is 427 g/mol. The van der Waals surface area contributed by atoms with Crippen LogP contribution in [0.4, 0.5) is 5.82 Å². The van der Waals surface area contributed by atoms with Gasteiger partial charge in [-0.15, -0.1) is 0 Å². The van der Waals surface area contributed by atoms with Gasteiger partial charge in [0.2, 0.25) is 0 Å². The minimum Gasteiger partial charge on any atom is -0.359 e. The molecule has 3 aromatic rings. The first-order chi connectivity index (χ1) is 15.0. The van der Waals surface area contributed by atoms with Crippen LogP contribution in [0.1, 0.15) is 22.6 Å². The predicted octanol–water partition coefficient (Wildman–Crippen LogP) is 5.61. The molecule has 0 N–H and O–H groups in total. The van der Waals surface area contributed by atoms with E-state index in [4.69, 9.17) is 28.5 Å². The summed E-state index contributed by atoms with van der Waals surface area (Å²) in [4.78, 5) is 9.13. The minimum absolute atomic E-state index is 0.347. The van der Waals surface area contributed by atoms with Gasteiger partial charge in [0.15, 0.2) is 0 Å². The number of hydrogen-bond acceptors (Lipinski definition) is 4. The summed E-state index contributed by atoms with van der Waals surface area (Å²) >= 11 is 12.5. The van der Waals surface area contributed by atoms with Crippen LogP contribution in [0.15, 0.2) is 66.9 Å². The predicted molar refractivity (Wildman–Crippen MR) is 127 cm³/mol. The van der Waals surface area contributed by atoms with Crippen LogP contribution in [0.3, 0.4) is 0 Å². The lowest BCUT2D eigenvalue weighted by molar-refractivity contribution is 0.316. The van der Waals surface area contributed by atoms with Crippen molar-refractivity contribution in [1.29, 1.82) is 5.26 Å². The number of rotatable bonds is 6. The van der Waals surface area contributed by atoms with Crippen LogP contribution in [0.2, 0.25) is 10.0 Å². The van der Waals surface area contributed by atoms with Crippen molar-refractivity contribution >= 4 is 29.0 Å². The molecule has 1 aliphatic heterocycles. The van der Waals surface area contributed by atoms with E-state index in [2.05, 4.69) is 58.2 Å². The highest BCUT2D eigenvalue weighted by Gasteiger charge is 2.34. The highest BCUT2D eigenvalue weighted by molar-refractivity contribution is 6.42. The Morgan fingerprint density at radius 2 is 1.87 bits per heavy atom. The molecule has 1 aliphatic rings. The second-order valence-corrected chi connectivity index (χ2v) is 8.93. The Hall–Kier alpha value is -2.58. The summed E-state index contributed by atoms with van der Waals surface area (Å²) in [6.07, 6.45) is 1.62. The third-order valence-electron chi connectivity index (χ3n) is 5.91. The number of halogens is 2. The fraction of sp³-hybridized carbons (Fsp3) is 0.280.